The van der Waals surface area contributed by atoms with Crippen LogP contribution in [0.1, 0.15) is 12.8 Å². The molecule has 0 saturated carbocycles. The zero-order valence-corrected chi connectivity index (χ0v) is 16.7. The number of rotatable bonds is 6. The fourth-order valence-corrected chi connectivity index (χ4v) is 3.86. The minimum Gasteiger partial charge on any atom is -0.411 e. The molecule has 6 nitrogen and oxygen atoms in total. The Balaban J connectivity index is 1.39. The quantitative estimate of drug-likeness (QED) is 0.588. The number of nitrogens with zero attached hydrogens (tertiary/aromatic N) is 3. The second-order valence-corrected chi connectivity index (χ2v) is 7.79. The van der Waals surface area contributed by atoms with E-state index in [1.807, 2.05) is 42.5 Å². The van der Waals surface area contributed by atoms with Gasteiger partial charge in [-0.05, 0) is 43.2 Å². The van der Waals surface area contributed by atoms with Gasteiger partial charge in [0.15, 0.2) is 0 Å². The van der Waals surface area contributed by atoms with E-state index in [-0.39, 0.29) is 11.7 Å². The van der Waals surface area contributed by atoms with Crippen LogP contribution in [0.4, 0.5) is 11.4 Å². The first-order chi connectivity index (χ1) is 13.7. The zero-order chi connectivity index (χ0) is 19.3. The standard InChI is InChI=1S/C20H19ClN4O2S/c21-15-8-9-17(25-10-4-5-11-25)16(12-15)22-18(26)13-28-20-24-23-19(27-20)14-6-2-1-3-7-14/h1-3,6-9,12H,4-5,10-11,13H2,(H,22,26). The minimum atomic E-state index is -0.146. The molecule has 3 aromatic rings. The van der Waals surface area contributed by atoms with Gasteiger partial charge in [0, 0.05) is 23.7 Å². The molecule has 1 saturated heterocycles. The lowest BCUT2D eigenvalue weighted by atomic mass is 10.2. The van der Waals surface area contributed by atoms with Crippen LogP contribution in [0.3, 0.4) is 0 Å². The summed E-state index contributed by atoms with van der Waals surface area (Å²) in [6.07, 6.45) is 2.32. The summed E-state index contributed by atoms with van der Waals surface area (Å²) in [5.74, 6) is 0.462. The van der Waals surface area contributed by atoms with Crippen LogP contribution >= 0.6 is 23.4 Å². The van der Waals surface area contributed by atoms with Crippen molar-refractivity contribution in [2.24, 2.45) is 0 Å². The number of anilines is 2. The highest BCUT2D eigenvalue weighted by Gasteiger charge is 2.18. The van der Waals surface area contributed by atoms with Crippen molar-refractivity contribution in [2.75, 3.05) is 29.1 Å². The number of hydrogen-bond acceptors (Lipinski definition) is 6. The summed E-state index contributed by atoms with van der Waals surface area (Å²) in [5, 5.41) is 12.0. The molecule has 0 atom stereocenters. The first kappa shape index (κ1) is 18.8. The average molecular weight is 415 g/mol. The van der Waals surface area contributed by atoms with Crippen molar-refractivity contribution < 1.29 is 9.21 Å². The van der Waals surface area contributed by atoms with Gasteiger partial charge in [-0.25, -0.2) is 0 Å². The van der Waals surface area contributed by atoms with Crippen LogP contribution in [-0.4, -0.2) is 34.9 Å². The lowest BCUT2D eigenvalue weighted by Gasteiger charge is -2.21. The molecular weight excluding hydrogens is 396 g/mol. The van der Waals surface area contributed by atoms with Crippen molar-refractivity contribution in [3.63, 3.8) is 0 Å². The molecule has 8 heteroatoms. The Morgan fingerprint density at radius 1 is 1.14 bits per heavy atom. The van der Waals surface area contributed by atoms with Gasteiger partial charge in [0.2, 0.25) is 11.8 Å². The largest absolute Gasteiger partial charge is 0.411 e. The van der Waals surface area contributed by atoms with Crippen LogP contribution in [0.25, 0.3) is 11.5 Å². The normalized spacial score (nSPS) is 13.7. The van der Waals surface area contributed by atoms with Gasteiger partial charge in [0.05, 0.1) is 17.1 Å². The van der Waals surface area contributed by atoms with Crippen LogP contribution in [0.5, 0.6) is 0 Å². The predicted molar refractivity (Wildman–Crippen MR) is 112 cm³/mol. The third-order valence-electron chi connectivity index (χ3n) is 4.43. The molecule has 0 unspecified atom stereocenters. The fourth-order valence-electron chi connectivity index (χ4n) is 3.12. The Morgan fingerprint density at radius 2 is 1.93 bits per heavy atom. The Hall–Kier alpha value is -2.51. The van der Waals surface area contributed by atoms with Gasteiger partial charge in [0.1, 0.15) is 0 Å². The van der Waals surface area contributed by atoms with Gasteiger partial charge in [-0.15, -0.1) is 10.2 Å². The van der Waals surface area contributed by atoms with E-state index in [1.54, 1.807) is 6.07 Å². The Labute approximate surface area is 172 Å². The summed E-state index contributed by atoms with van der Waals surface area (Å²) in [6, 6.07) is 15.1. The van der Waals surface area contributed by atoms with Gasteiger partial charge in [-0.2, -0.15) is 0 Å². The predicted octanol–water partition coefficient (Wildman–Crippen LogP) is 4.72. The number of amides is 1. The molecule has 1 aliphatic heterocycles. The Morgan fingerprint density at radius 3 is 2.71 bits per heavy atom. The molecule has 144 valence electrons. The molecule has 0 radical (unpaired) electrons. The molecule has 1 aliphatic rings. The molecule has 0 aliphatic carbocycles. The number of benzene rings is 2. The molecule has 2 aromatic carbocycles. The van der Waals surface area contributed by atoms with Crippen LogP contribution in [0, 0.1) is 0 Å². The van der Waals surface area contributed by atoms with Crippen molar-refractivity contribution in [3.8, 4) is 11.5 Å². The SMILES string of the molecule is O=C(CSc1nnc(-c2ccccc2)o1)Nc1cc(Cl)ccc1N1CCCC1. The summed E-state index contributed by atoms with van der Waals surface area (Å²) in [6.45, 7) is 1.98. The maximum atomic E-state index is 12.5. The van der Waals surface area contributed by atoms with E-state index in [9.17, 15) is 4.79 Å². The highest BCUT2D eigenvalue weighted by atomic mass is 35.5. The minimum absolute atomic E-state index is 0.146. The number of hydrogen-bond donors (Lipinski definition) is 1. The van der Waals surface area contributed by atoms with Crippen molar-refractivity contribution in [2.45, 2.75) is 18.1 Å². The summed E-state index contributed by atoms with van der Waals surface area (Å²) in [4.78, 5) is 14.7. The first-order valence-corrected chi connectivity index (χ1v) is 10.4. The molecule has 1 fully saturated rings. The van der Waals surface area contributed by atoms with Crippen molar-refractivity contribution >= 4 is 40.6 Å². The van der Waals surface area contributed by atoms with Gasteiger partial charge in [0.25, 0.3) is 5.22 Å². The van der Waals surface area contributed by atoms with E-state index in [2.05, 4.69) is 20.4 Å². The fraction of sp³-hybridized carbons (Fsp3) is 0.250. The van der Waals surface area contributed by atoms with Crippen molar-refractivity contribution in [1.29, 1.82) is 0 Å². The Kier molecular flexibility index (Phi) is 5.83. The first-order valence-electron chi connectivity index (χ1n) is 9.05. The van der Waals surface area contributed by atoms with E-state index < -0.39 is 0 Å². The number of thioether (sulfide) groups is 1. The lowest BCUT2D eigenvalue weighted by Crippen LogP contribution is -2.21. The maximum absolute atomic E-state index is 12.5. The molecule has 1 aromatic heterocycles. The van der Waals surface area contributed by atoms with E-state index in [4.69, 9.17) is 16.0 Å². The topological polar surface area (TPSA) is 71.3 Å². The third-order valence-corrected chi connectivity index (χ3v) is 5.49. The van der Waals surface area contributed by atoms with Gasteiger partial charge in [-0.3, -0.25) is 4.79 Å². The van der Waals surface area contributed by atoms with E-state index in [0.29, 0.717) is 16.1 Å². The highest BCUT2D eigenvalue weighted by molar-refractivity contribution is 7.99. The van der Waals surface area contributed by atoms with Crippen molar-refractivity contribution in [3.05, 3.63) is 53.6 Å². The summed E-state index contributed by atoms with van der Waals surface area (Å²) in [5.41, 5.74) is 2.58. The third kappa shape index (κ3) is 4.48. The average Bonchev–Trinajstić information content (AvgIpc) is 3.39. The van der Waals surface area contributed by atoms with Gasteiger partial charge >= 0.3 is 0 Å². The number of carbonyl (C=O) groups is 1. The summed E-state index contributed by atoms with van der Waals surface area (Å²) in [7, 11) is 0. The van der Waals surface area contributed by atoms with Gasteiger partial charge in [-0.1, -0.05) is 41.6 Å². The second-order valence-electron chi connectivity index (χ2n) is 6.43. The molecule has 2 heterocycles. The monoisotopic (exact) mass is 414 g/mol. The molecule has 28 heavy (non-hydrogen) atoms. The van der Waals surface area contributed by atoms with Crippen LogP contribution < -0.4 is 10.2 Å². The van der Waals surface area contributed by atoms with E-state index in [1.165, 1.54) is 11.8 Å². The molecular formula is C20H19ClN4O2S. The number of halogens is 1. The van der Waals surface area contributed by atoms with E-state index in [0.717, 1.165) is 42.9 Å². The number of aromatic nitrogens is 2. The molecule has 1 amide bonds. The molecule has 0 bridgehead atoms. The summed E-state index contributed by atoms with van der Waals surface area (Å²) >= 11 is 7.34. The van der Waals surface area contributed by atoms with Crippen LogP contribution in [0.15, 0.2) is 58.2 Å². The van der Waals surface area contributed by atoms with E-state index >= 15 is 0 Å². The molecule has 0 spiro atoms. The zero-order valence-electron chi connectivity index (χ0n) is 15.1. The van der Waals surface area contributed by atoms with Crippen LogP contribution in [-0.2, 0) is 4.79 Å². The maximum Gasteiger partial charge on any atom is 0.277 e. The lowest BCUT2D eigenvalue weighted by molar-refractivity contribution is -0.113. The van der Waals surface area contributed by atoms with Crippen LogP contribution in [0.2, 0.25) is 5.02 Å². The number of carbonyl (C=O) groups excluding carboxylic acids is 1. The highest BCUT2D eigenvalue weighted by Crippen LogP contribution is 2.32. The van der Waals surface area contributed by atoms with Gasteiger partial charge < -0.3 is 14.6 Å². The number of nitrogens with one attached hydrogen (secondary N) is 1. The Bertz CT molecular complexity index is 958. The smallest absolute Gasteiger partial charge is 0.277 e. The molecule has 1 N–H and O–H groups in total. The van der Waals surface area contributed by atoms with Crippen molar-refractivity contribution in [1.82, 2.24) is 10.2 Å². The second kappa shape index (κ2) is 8.67. The molecule has 4 rings (SSSR count). The summed E-state index contributed by atoms with van der Waals surface area (Å²) < 4.78 is 5.63.